The molecule has 0 bridgehead atoms. The van der Waals surface area contributed by atoms with Gasteiger partial charge in [0, 0.05) is 24.2 Å². The van der Waals surface area contributed by atoms with Crippen LogP contribution in [0, 0.1) is 6.92 Å². The largest absolute Gasteiger partial charge is 0.341 e. The zero-order valence-electron chi connectivity index (χ0n) is 17.3. The lowest BCUT2D eigenvalue weighted by Gasteiger charge is -2.15. The molecule has 0 N–H and O–H groups in total. The number of aromatic nitrogens is 4. The Kier molecular flexibility index (Phi) is 5.16. The molecule has 0 atom stereocenters. The number of fused-ring (bicyclic) bond motifs is 1. The first-order chi connectivity index (χ1) is 15.1. The third-order valence-corrected chi connectivity index (χ3v) is 6.16. The summed E-state index contributed by atoms with van der Waals surface area (Å²) in [6.07, 6.45) is 2.10. The van der Waals surface area contributed by atoms with Crippen molar-refractivity contribution < 1.29 is 4.79 Å². The van der Waals surface area contributed by atoms with Crippen LogP contribution >= 0.6 is 11.6 Å². The van der Waals surface area contributed by atoms with Crippen LogP contribution in [0.15, 0.2) is 54.6 Å². The first-order valence-corrected chi connectivity index (χ1v) is 10.8. The van der Waals surface area contributed by atoms with E-state index in [0.29, 0.717) is 16.4 Å². The smallest absolute Gasteiger partial charge is 0.244 e. The van der Waals surface area contributed by atoms with Gasteiger partial charge in [-0.15, -0.1) is 10.2 Å². The molecule has 1 saturated heterocycles. The molecule has 2 aromatic carbocycles. The quantitative estimate of drug-likeness (QED) is 0.468. The van der Waals surface area contributed by atoms with E-state index in [9.17, 15) is 4.79 Å². The van der Waals surface area contributed by atoms with Gasteiger partial charge < -0.3 is 4.90 Å². The number of hydrogen-bond acceptors (Lipinski definition) is 4. The molecule has 2 aromatic heterocycles. The molecule has 31 heavy (non-hydrogen) atoms. The molecule has 0 spiro atoms. The summed E-state index contributed by atoms with van der Waals surface area (Å²) < 4.78 is 1.64. The van der Waals surface area contributed by atoms with Crippen molar-refractivity contribution in [3.8, 4) is 22.5 Å². The number of halogens is 1. The molecule has 0 saturated carbocycles. The predicted molar refractivity (Wildman–Crippen MR) is 122 cm³/mol. The van der Waals surface area contributed by atoms with Crippen LogP contribution in [-0.2, 0) is 11.3 Å². The fourth-order valence-corrected chi connectivity index (χ4v) is 4.45. The maximum atomic E-state index is 12.8. The molecule has 4 aromatic rings. The van der Waals surface area contributed by atoms with Gasteiger partial charge in [-0.05, 0) is 25.3 Å². The van der Waals surface area contributed by atoms with E-state index >= 15 is 0 Å². The molecule has 1 aliphatic rings. The molecule has 6 nitrogen and oxygen atoms in total. The van der Waals surface area contributed by atoms with Gasteiger partial charge in [-0.1, -0.05) is 66.2 Å². The van der Waals surface area contributed by atoms with E-state index in [1.165, 1.54) is 0 Å². The number of amides is 1. The van der Waals surface area contributed by atoms with Gasteiger partial charge in [0.2, 0.25) is 5.91 Å². The van der Waals surface area contributed by atoms with Gasteiger partial charge in [0.15, 0.2) is 5.65 Å². The SMILES string of the molecule is Cc1ccccc1-c1nn(CC(=O)N2CCCC2)c2nnc(-c3ccccc3)c(Cl)c12. The van der Waals surface area contributed by atoms with E-state index in [4.69, 9.17) is 16.7 Å². The minimum Gasteiger partial charge on any atom is -0.341 e. The molecule has 1 amide bonds. The maximum absolute atomic E-state index is 12.8. The number of hydrogen-bond donors (Lipinski definition) is 0. The Hall–Kier alpha value is -3.25. The molecule has 0 radical (unpaired) electrons. The minimum atomic E-state index is 0.0447. The number of carbonyl (C=O) groups is 1. The highest BCUT2D eigenvalue weighted by atomic mass is 35.5. The summed E-state index contributed by atoms with van der Waals surface area (Å²) in [4.78, 5) is 14.7. The average molecular weight is 432 g/mol. The van der Waals surface area contributed by atoms with Crippen molar-refractivity contribution in [2.24, 2.45) is 0 Å². The summed E-state index contributed by atoms with van der Waals surface area (Å²) in [5, 5.41) is 14.9. The van der Waals surface area contributed by atoms with Gasteiger partial charge in [0.1, 0.15) is 17.9 Å². The standard InChI is InChI=1S/C24H22ClN5O/c1-16-9-5-6-12-18(16)23-20-21(25)22(17-10-3-2-4-11-17)26-27-24(20)30(28-23)15-19(31)29-13-7-8-14-29/h2-6,9-12H,7-8,13-15H2,1H3. The number of rotatable bonds is 4. The monoisotopic (exact) mass is 431 g/mol. The molecular formula is C24H22ClN5O. The molecule has 7 heteroatoms. The fraction of sp³-hybridized carbons (Fsp3) is 0.250. The summed E-state index contributed by atoms with van der Waals surface area (Å²) >= 11 is 6.91. The van der Waals surface area contributed by atoms with Crippen molar-refractivity contribution in [2.75, 3.05) is 13.1 Å². The topological polar surface area (TPSA) is 63.9 Å². The van der Waals surface area contributed by atoms with E-state index < -0.39 is 0 Å². The van der Waals surface area contributed by atoms with Crippen molar-refractivity contribution in [3.05, 3.63) is 65.2 Å². The van der Waals surface area contributed by atoms with Gasteiger partial charge in [-0.3, -0.25) is 4.79 Å². The van der Waals surface area contributed by atoms with Gasteiger partial charge in [-0.2, -0.15) is 5.10 Å². The zero-order chi connectivity index (χ0) is 21.4. The van der Waals surface area contributed by atoms with E-state index in [0.717, 1.165) is 53.7 Å². The lowest BCUT2D eigenvalue weighted by molar-refractivity contribution is -0.130. The third-order valence-electron chi connectivity index (χ3n) is 5.79. The lowest BCUT2D eigenvalue weighted by atomic mass is 10.0. The second kappa shape index (κ2) is 8.12. The van der Waals surface area contributed by atoms with Gasteiger partial charge >= 0.3 is 0 Å². The number of aryl methyl sites for hydroxylation is 1. The first kappa shape index (κ1) is 19.7. The van der Waals surface area contributed by atoms with Crippen molar-refractivity contribution in [1.29, 1.82) is 0 Å². The van der Waals surface area contributed by atoms with Crippen LogP contribution in [0.25, 0.3) is 33.5 Å². The summed E-state index contributed by atoms with van der Waals surface area (Å²) in [6, 6.07) is 17.8. The minimum absolute atomic E-state index is 0.0447. The predicted octanol–water partition coefficient (Wildman–Crippen LogP) is 4.74. The van der Waals surface area contributed by atoms with Crippen molar-refractivity contribution in [1.82, 2.24) is 24.9 Å². The van der Waals surface area contributed by atoms with E-state index in [1.807, 2.05) is 66.4 Å². The summed E-state index contributed by atoms with van der Waals surface area (Å²) in [5.41, 5.74) is 4.78. The fourth-order valence-electron chi connectivity index (χ4n) is 4.13. The summed E-state index contributed by atoms with van der Waals surface area (Å²) in [6.45, 7) is 3.76. The molecule has 5 rings (SSSR count). The van der Waals surface area contributed by atoms with Crippen LogP contribution in [0.2, 0.25) is 5.02 Å². The Balaban J connectivity index is 1.69. The highest BCUT2D eigenvalue weighted by Crippen LogP contribution is 2.38. The summed E-state index contributed by atoms with van der Waals surface area (Å²) in [7, 11) is 0. The van der Waals surface area contributed by atoms with Crippen LogP contribution in [-0.4, -0.2) is 43.9 Å². The highest BCUT2D eigenvalue weighted by molar-refractivity contribution is 6.38. The second-order valence-electron chi connectivity index (χ2n) is 7.84. The Morgan fingerprint density at radius 2 is 1.68 bits per heavy atom. The molecule has 156 valence electrons. The highest BCUT2D eigenvalue weighted by Gasteiger charge is 2.25. The number of likely N-dealkylation sites (tertiary alicyclic amines) is 1. The normalized spacial score (nSPS) is 13.8. The van der Waals surface area contributed by atoms with Crippen LogP contribution in [0.5, 0.6) is 0 Å². The van der Waals surface area contributed by atoms with Crippen LogP contribution < -0.4 is 0 Å². The maximum Gasteiger partial charge on any atom is 0.244 e. The molecular weight excluding hydrogens is 410 g/mol. The molecule has 0 aliphatic carbocycles. The van der Waals surface area contributed by atoms with Gasteiger partial charge in [0.25, 0.3) is 0 Å². The average Bonchev–Trinajstić information content (AvgIpc) is 3.44. The first-order valence-electron chi connectivity index (χ1n) is 10.5. The van der Waals surface area contributed by atoms with E-state index in [-0.39, 0.29) is 12.5 Å². The van der Waals surface area contributed by atoms with Crippen LogP contribution in [0.4, 0.5) is 0 Å². The van der Waals surface area contributed by atoms with Crippen LogP contribution in [0.1, 0.15) is 18.4 Å². The summed E-state index contributed by atoms with van der Waals surface area (Å²) in [5.74, 6) is 0.0447. The number of benzene rings is 2. The number of nitrogens with zero attached hydrogens (tertiary/aromatic N) is 5. The van der Waals surface area contributed by atoms with Crippen molar-refractivity contribution in [3.63, 3.8) is 0 Å². The Morgan fingerprint density at radius 3 is 2.42 bits per heavy atom. The number of carbonyl (C=O) groups excluding carboxylic acids is 1. The van der Waals surface area contributed by atoms with Crippen molar-refractivity contribution in [2.45, 2.75) is 26.3 Å². The van der Waals surface area contributed by atoms with Gasteiger partial charge in [0.05, 0.1) is 10.4 Å². The Bertz CT molecular complexity index is 1260. The second-order valence-corrected chi connectivity index (χ2v) is 8.21. The lowest BCUT2D eigenvalue weighted by Crippen LogP contribution is -2.31. The third kappa shape index (κ3) is 3.57. The van der Waals surface area contributed by atoms with Gasteiger partial charge in [-0.25, -0.2) is 4.68 Å². The van der Waals surface area contributed by atoms with E-state index in [2.05, 4.69) is 10.2 Å². The molecule has 0 unspecified atom stereocenters. The molecule has 1 aliphatic heterocycles. The van der Waals surface area contributed by atoms with Crippen molar-refractivity contribution >= 4 is 28.5 Å². The molecule has 3 heterocycles. The Labute approximate surface area is 185 Å². The van der Waals surface area contributed by atoms with Crippen LogP contribution in [0.3, 0.4) is 0 Å². The molecule has 1 fully saturated rings. The Morgan fingerprint density at radius 1 is 0.968 bits per heavy atom. The van der Waals surface area contributed by atoms with E-state index in [1.54, 1.807) is 4.68 Å². The zero-order valence-corrected chi connectivity index (χ0v) is 18.0.